The van der Waals surface area contributed by atoms with Gasteiger partial charge < -0.3 is 10.8 Å². The fourth-order valence-electron chi connectivity index (χ4n) is 1.50. The number of carbonyl (C=O) groups is 1. The van der Waals surface area contributed by atoms with Crippen LogP contribution in [0.4, 0.5) is 10.8 Å². The summed E-state index contributed by atoms with van der Waals surface area (Å²) in [6.07, 6.45) is 1.54. The molecule has 2 rings (SSSR count). The highest BCUT2D eigenvalue weighted by Crippen LogP contribution is 2.25. The second kappa shape index (κ2) is 5.10. The van der Waals surface area contributed by atoms with Crippen molar-refractivity contribution in [2.45, 2.75) is 11.8 Å². The number of nitrogen functional groups attached to an aromatic ring is 1. The molecule has 106 valence electrons. The van der Waals surface area contributed by atoms with Crippen molar-refractivity contribution >= 4 is 38.1 Å². The highest BCUT2D eigenvalue weighted by molar-refractivity contribution is 7.93. The van der Waals surface area contributed by atoms with Crippen LogP contribution in [0.25, 0.3) is 0 Å². The molecule has 9 heteroatoms. The van der Waals surface area contributed by atoms with Crippen LogP contribution < -0.4 is 10.5 Å². The molecule has 0 saturated carbocycles. The molecule has 0 aliphatic carbocycles. The Morgan fingerprint density at radius 1 is 1.45 bits per heavy atom. The summed E-state index contributed by atoms with van der Waals surface area (Å²) in [4.78, 5) is 15.3. The zero-order chi connectivity index (χ0) is 14.9. The zero-order valence-corrected chi connectivity index (χ0v) is 12.0. The maximum atomic E-state index is 12.1. The highest BCUT2D eigenvalue weighted by Gasteiger charge is 2.20. The molecule has 1 heterocycles. The number of hydrogen-bond donors (Lipinski definition) is 3. The van der Waals surface area contributed by atoms with Gasteiger partial charge in [-0.05, 0) is 25.1 Å². The van der Waals surface area contributed by atoms with Crippen molar-refractivity contribution in [3.63, 3.8) is 0 Å². The highest BCUT2D eigenvalue weighted by atomic mass is 32.2. The first kappa shape index (κ1) is 14.3. The molecule has 1 aromatic heterocycles. The van der Waals surface area contributed by atoms with Gasteiger partial charge in [0, 0.05) is 11.1 Å². The number of hydrogen-bond acceptors (Lipinski definition) is 6. The van der Waals surface area contributed by atoms with Crippen molar-refractivity contribution in [1.29, 1.82) is 0 Å². The number of benzene rings is 1. The van der Waals surface area contributed by atoms with Gasteiger partial charge in [-0.1, -0.05) is 0 Å². The fourth-order valence-corrected chi connectivity index (χ4v) is 3.52. The van der Waals surface area contributed by atoms with Gasteiger partial charge in [-0.15, -0.1) is 11.3 Å². The second-order valence-corrected chi connectivity index (χ2v) is 6.82. The van der Waals surface area contributed by atoms with E-state index in [1.54, 1.807) is 13.1 Å². The van der Waals surface area contributed by atoms with Crippen LogP contribution in [0.15, 0.2) is 29.3 Å². The lowest BCUT2D eigenvalue weighted by molar-refractivity contribution is 0.0697. The average Bonchev–Trinajstić information content (AvgIpc) is 2.73. The standard InChI is InChI=1S/C11H11N3O4S2/c1-6-5-13-11(19-6)14-20(17,18)9-3-2-7(10(15)16)4-8(9)12/h2-5H,12H2,1H3,(H,13,14)(H,15,16). The number of sulfonamides is 1. The van der Waals surface area contributed by atoms with Crippen LogP contribution in [-0.2, 0) is 10.0 Å². The van der Waals surface area contributed by atoms with Crippen LogP contribution in [0.5, 0.6) is 0 Å². The summed E-state index contributed by atoms with van der Waals surface area (Å²) in [5, 5.41) is 9.04. The quantitative estimate of drug-likeness (QED) is 0.736. The Bertz CT molecular complexity index is 768. The number of nitrogens with two attached hydrogens (primary N) is 1. The minimum atomic E-state index is -3.89. The summed E-state index contributed by atoms with van der Waals surface area (Å²) in [6.45, 7) is 1.80. The van der Waals surface area contributed by atoms with E-state index in [1.165, 1.54) is 17.4 Å². The summed E-state index contributed by atoms with van der Waals surface area (Å²) in [7, 11) is -3.89. The van der Waals surface area contributed by atoms with Crippen molar-refractivity contribution in [2.24, 2.45) is 0 Å². The molecule has 0 bridgehead atoms. The van der Waals surface area contributed by atoms with Crippen LogP contribution in [0.2, 0.25) is 0 Å². The number of anilines is 2. The molecule has 0 spiro atoms. The van der Waals surface area contributed by atoms with E-state index in [9.17, 15) is 13.2 Å². The summed E-state index contributed by atoms with van der Waals surface area (Å²) < 4.78 is 26.6. The van der Waals surface area contributed by atoms with Gasteiger partial charge in [-0.3, -0.25) is 4.72 Å². The van der Waals surface area contributed by atoms with Gasteiger partial charge >= 0.3 is 5.97 Å². The van der Waals surface area contributed by atoms with E-state index in [-0.39, 0.29) is 21.3 Å². The zero-order valence-electron chi connectivity index (χ0n) is 10.3. The predicted molar refractivity (Wildman–Crippen MR) is 75.5 cm³/mol. The van der Waals surface area contributed by atoms with E-state index in [0.717, 1.165) is 17.0 Å². The Kier molecular flexibility index (Phi) is 3.64. The van der Waals surface area contributed by atoms with Crippen LogP contribution in [0.1, 0.15) is 15.2 Å². The molecule has 0 aliphatic heterocycles. The SMILES string of the molecule is Cc1cnc(NS(=O)(=O)c2ccc(C(=O)O)cc2N)s1. The first-order valence-corrected chi connectivity index (χ1v) is 7.67. The number of aryl methyl sites for hydroxylation is 1. The molecular formula is C11H11N3O4S2. The number of aromatic carboxylic acids is 1. The van der Waals surface area contributed by atoms with Gasteiger partial charge in [0.05, 0.1) is 11.3 Å². The van der Waals surface area contributed by atoms with Crippen LogP contribution in [0.3, 0.4) is 0 Å². The average molecular weight is 313 g/mol. The molecule has 20 heavy (non-hydrogen) atoms. The fraction of sp³-hybridized carbons (Fsp3) is 0.0909. The van der Waals surface area contributed by atoms with Crippen molar-refractivity contribution in [3.05, 3.63) is 34.8 Å². The van der Waals surface area contributed by atoms with E-state index < -0.39 is 16.0 Å². The minimum Gasteiger partial charge on any atom is -0.478 e. The van der Waals surface area contributed by atoms with E-state index >= 15 is 0 Å². The molecule has 0 radical (unpaired) electrons. The van der Waals surface area contributed by atoms with Gasteiger partial charge in [-0.25, -0.2) is 18.2 Å². The monoisotopic (exact) mass is 313 g/mol. The smallest absolute Gasteiger partial charge is 0.335 e. The number of carboxylic acids is 1. The summed E-state index contributed by atoms with van der Waals surface area (Å²) in [5.74, 6) is -1.18. The van der Waals surface area contributed by atoms with Crippen molar-refractivity contribution in [3.8, 4) is 0 Å². The van der Waals surface area contributed by atoms with Crippen molar-refractivity contribution < 1.29 is 18.3 Å². The lowest BCUT2D eigenvalue weighted by Crippen LogP contribution is -2.15. The molecule has 0 atom stereocenters. The number of nitrogens with zero attached hydrogens (tertiary/aromatic N) is 1. The van der Waals surface area contributed by atoms with E-state index in [1.807, 2.05) is 0 Å². The van der Waals surface area contributed by atoms with Gasteiger partial charge in [0.2, 0.25) is 0 Å². The second-order valence-electron chi connectivity index (χ2n) is 3.94. The maximum Gasteiger partial charge on any atom is 0.335 e. The Morgan fingerprint density at radius 3 is 2.65 bits per heavy atom. The molecule has 0 aliphatic rings. The van der Waals surface area contributed by atoms with E-state index in [4.69, 9.17) is 10.8 Å². The van der Waals surface area contributed by atoms with Gasteiger partial charge in [-0.2, -0.15) is 0 Å². The minimum absolute atomic E-state index is 0.0773. The summed E-state index contributed by atoms with van der Waals surface area (Å²) in [6, 6.07) is 3.44. The number of thiazole rings is 1. The number of aromatic nitrogens is 1. The van der Waals surface area contributed by atoms with Crippen LogP contribution in [0, 0.1) is 6.92 Å². The van der Waals surface area contributed by atoms with Crippen molar-refractivity contribution in [1.82, 2.24) is 4.98 Å². The van der Waals surface area contributed by atoms with Crippen LogP contribution in [-0.4, -0.2) is 24.5 Å². The van der Waals surface area contributed by atoms with Gasteiger partial charge in [0.1, 0.15) is 4.90 Å². The molecule has 1 aromatic carbocycles. The maximum absolute atomic E-state index is 12.1. The Morgan fingerprint density at radius 2 is 2.15 bits per heavy atom. The molecule has 4 N–H and O–H groups in total. The third-order valence-corrected chi connectivity index (χ3v) is 4.76. The number of carboxylic acid groups (broad SMARTS) is 1. The normalized spacial score (nSPS) is 11.2. The molecule has 0 amide bonds. The molecule has 2 aromatic rings. The third-order valence-electron chi connectivity index (χ3n) is 2.39. The summed E-state index contributed by atoms with van der Waals surface area (Å²) >= 11 is 1.19. The Hall–Kier alpha value is -2.13. The van der Waals surface area contributed by atoms with E-state index in [2.05, 4.69) is 9.71 Å². The number of nitrogens with one attached hydrogen (secondary N) is 1. The Labute approximate surface area is 119 Å². The van der Waals surface area contributed by atoms with Gasteiger partial charge in [0.15, 0.2) is 5.13 Å². The lowest BCUT2D eigenvalue weighted by atomic mass is 10.2. The third kappa shape index (κ3) is 2.89. The first-order valence-electron chi connectivity index (χ1n) is 5.37. The predicted octanol–water partition coefficient (Wildman–Crippen LogP) is 1.53. The van der Waals surface area contributed by atoms with Gasteiger partial charge in [0.25, 0.3) is 10.0 Å². The van der Waals surface area contributed by atoms with Crippen LogP contribution >= 0.6 is 11.3 Å². The topological polar surface area (TPSA) is 122 Å². The molecule has 0 fully saturated rings. The van der Waals surface area contributed by atoms with Crippen molar-refractivity contribution in [2.75, 3.05) is 10.5 Å². The summed E-state index contributed by atoms with van der Waals surface area (Å²) in [5.41, 5.74) is 5.39. The lowest BCUT2D eigenvalue weighted by Gasteiger charge is -2.08. The number of rotatable bonds is 4. The Balaban J connectivity index is 2.37. The molecular weight excluding hydrogens is 302 g/mol. The molecule has 0 unspecified atom stereocenters. The van der Waals surface area contributed by atoms with E-state index in [0.29, 0.717) is 0 Å². The molecule has 0 saturated heterocycles. The largest absolute Gasteiger partial charge is 0.478 e. The molecule has 7 nitrogen and oxygen atoms in total. The first-order chi connectivity index (χ1) is 9.29.